The second kappa shape index (κ2) is 9.05. The molecule has 0 amide bonds. The summed E-state index contributed by atoms with van der Waals surface area (Å²) in [6, 6.07) is 1.42. The van der Waals surface area contributed by atoms with Crippen LogP contribution in [0, 0.1) is 11.8 Å². The van der Waals surface area contributed by atoms with E-state index in [1.807, 2.05) is 27.7 Å². The molecule has 0 aromatic carbocycles. The zero-order chi connectivity index (χ0) is 13.5. The monoisotopic (exact) mass is 200 g/mol. The first-order valence-electron chi connectivity index (χ1n) is 6.39. The molecule has 0 heteroatoms. The molecule has 0 aliphatic carbocycles. The van der Waals surface area contributed by atoms with Crippen LogP contribution < -0.4 is 0 Å². The third-order valence-electron chi connectivity index (χ3n) is 2.52. The average molecular weight is 200 g/mol. The Morgan fingerprint density at radius 1 is 0.857 bits per heavy atom. The minimum Gasteiger partial charge on any atom is -0.0885 e. The Bertz CT molecular complexity index is 222. The van der Waals surface area contributed by atoms with Crippen molar-refractivity contribution in [3.63, 3.8) is 0 Å². The van der Waals surface area contributed by atoms with Crippen molar-refractivity contribution in [2.45, 2.75) is 55.4 Å². The molecule has 84 valence electrons. The first kappa shape index (κ1) is 11.6. The molecule has 0 fully saturated rings. The van der Waals surface area contributed by atoms with Gasteiger partial charge in [-0.25, -0.2) is 0 Å². The van der Waals surface area contributed by atoms with Crippen LogP contribution in [0.25, 0.3) is 0 Å². The van der Waals surface area contributed by atoms with E-state index in [1.165, 1.54) is 11.1 Å². The predicted octanol–water partition coefficient (Wildman–Crippen LogP) is 5.22. The minimum atomic E-state index is 0.535. The second-order valence-electron chi connectivity index (χ2n) is 4.18. The number of hydrogen-bond acceptors (Lipinski definition) is 0. The van der Waals surface area contributed by atoms with E-state index in [0.29, 0.717) is 23.9 Å². The molecule has 0 aromatic rings. The largest absolute Gasteiger partial charge is 0.0885 e. The van der Waals surface area contributed by atoms with Crippen molar-refractivity contribution in [3.05, 3.63) is 23.3 Å². The van der Waals surface area contributed by atoms with E-state index in [2.05, 4.69) is 27.7 Å². The maximum Gasteiger partial charge on any atom is 0.0572 e. The minimum absolute atomic E-state index is 0.535. The van der Waals surface area contributed by atoms with E-state index in [1.54, 1.807) is 0 Å². The number of hydrogen-bond donors (Lipinski definition) is 0. The summed E-state index contributed by atoms with van der Waals surface area (Å²) >= 11 is 0. The van der Waals surface area contributed by atoms with Gasteiger partial charge in [0.2, 0.25) is 0 Å². The molecule has 0 aromatic heterocycles. The molecule has 0 aliphatic heterocycles. The summed E-state index contributed by atoms with van der Waals surface area (Å²) in [5.41, 5.74) is 2.37. The standard InChI is InChI=1S/2C7H14/c2*1-5-7(4)6(2)3/h2*5-6H,1-4H3/b7-5+;7-5-/i2*5T. The summed E-state index contributed by atoms with van der Waals surface area (Å²) in [6.07, 6.45) is 0. The lowest BCUT2D eigenvalue weighted by molar-refractivity contribution is 0.767. The maximum absolute atomic E-state index is 7.19. The van der Waals surface area contributed by atoms with Gasteiger partial charge in [-0.1, -0.05) is 50.9 Å². The fraction of sp³-hybridized carbons (Fsp3) is 0.714. The molecule has 0 atom stereocenters. The van der Waals surface area contributed by atoms with Crippen LogP contribution in [0.3, 0.4) is 0 Å². The van der Waals surface area contributed by atoms with Crippen molar-refractivity contribution in [1.29, 1.82) is 0 Å². The molecule has 0 aliphatic rings. The van der Waals surface area contributed by atoms with Crippen LogP contribution in [0.1, 0.15) is 58.1 Å². The highest BCUT2D eigenvalue weighted by Gasteiger charge is 1.90. The highest BCUT2D eigenvalue weighted by Crippen LogP contribution is 2.06. The second-order valence-corrected chi connectivity index (χ2v) is 4.18. The highest BCUT2D eigenvalue weighted by atomic mass is 14.0. The lowest BCUT2D eigenvalue weighted by Gasteiger charge is -2.00. The summed E-state index contributed by atoms with van der Waals surface area (Å²) < 4.78 is 14.4. The Kier molecular flexibility index (Phi) is 7.47. The van der Waals surface area contributed by atoms with Gasteiger partial charge in [-0.05, 0) is 39.5 Å². The SMILES string of the molecule is [3H]/C(C)=C(/C)C(C)C.[3H]/C(C)=C(\C)C(C)C. The topological polar surface area (TPSA) is 0 Å². The number of rotatable bonds is 2. The van der Waals surface area contributed by atoms with Crippen LogP contribution in [-0.4, -0.2) is 0 Å². The molecular formula is C14H28. The molecule has 0 unspecified atom stereocenters. The van der Waals surface area contributed by atoms with E-state index < -0.39 is 0 Å². The van der Waals surface area contributed by atoms with Crippen LogP contribution in [0.15, 0.2) is 23.3 Å². The van der Waals surface area contributed by atoms with Crippen molar-refractivity contribution < 1.29 is 2.74 Å². The number of allylic oxidation sites excluding steroid dienone is 4. The average Bonchev–Trinajstić information content (AvgIpc) is 2.15. The van der Waals surface area contributed by atoms with Crippen LogP contribution in [0.2, 0.25) is 0 Å². The smallest absolute Gasteiger partial charge is 0.0572 e. The summed E-state index contributed by atoms with van der Waals surface area (Å²) in [5.74, 6) is 1.07. The Morgan fingerprint density at radius 2 is 1.07 bits per heavy atom. The van der Waals surface area contributed by atoms with Crippen LogP contribution in [-0.2, 0) is 0 Å². The Balaban J connectivity index is 0. The van der Waals surface area contributed by atoms with Crippen molar-refractivity contribution in [3.8, 4) is 0 Å². The first-order valence-corrected chi connectivity index (χ1v) is 5.39. The van der Waals surface area contributed by atoms with E-state index in [-0.39, 0.29) is 0 Å². The summed E-state index contributed by atoms with van der Waals surface area (Å²) in [6.45, 7) is 16.1. The van der Waals surface area contributed by atoms with E-state index >= 15 is 0 Å². The fourth-order valence-electron chi connectivity index (χ4n) is 0.577. The Morgan fingerprint density at radius 3 is 1.07 bits per heavy atom. The first-order chi connectivity index (χ1) is 7.11. The lowest BCUT2D eigenvalue weighted by atomic mass is 10.1. The van der Waals surface area contributed by atoms with Crippen molar-refractivity contribution in [1.82, 2.24) is 0 Å². The molecule has 0 N–H and O–H groups in total. The lowest BCUT2D eigenvalue weighted by Crippen LogP contribution is -1.85. The molecule has 0 radical (unpaired) electrons. The quantitative estimate of drug-likeness (QED) is 0.536. The maximum atomic E-state index is 7.19. The van der Waals surface area contributed by atoms with Gasteiger partial charge in [0.25, 0.3) is 0 Å². The molecule has 0 bridgehead atoms. The molecule has 0 spiro atoms. The van der Waals surface area contributed by atoms with Crippen molar-refractivity contribution >= 4 is 0 Å². The predicted molar refractivity (Wildman–Crippen MR) is 68.5 cm³/mol. The van der Waals surface area contributed by atoms with E-state index in [0.717, 1.165) is 0 Å². The third-order valence-corrected chi connectivity index (χ3v) is 2.52. The van der Waals surface area contributed by atoms with Gasteiger partial charge in [0.05, 0.1) is 2.74 Å². The normalized spacial score (nSPS) is 16.4. The molecule has 14 heavy (non-hydrogen) atoms. The molecule has 0 rings (SSSR count). The Labute approximate surface area is 93.9 Å². The van der Waals surface area contributed by atoms with Crippen molar-refractivity contribution in [2.75, 3.05) is 0 Å². The van der Waals surface area contributed by atoms with Crippen LogP contribution >= 0.6 is 0 Å². The zero-order valence-electron chi connectivity index (χ0n) is 13.2. The van der Waals surface area contributed by atoms with Crippen LogP contribution in [0.5, 0.6) is 0 Å². The Hall–Kier alpha value is -0.520. The fourth-order valence-corrected chi connectivity index (χ4v) is 0.577. The summed E-state index contributed by atoms with van der Waals surface area (Å²) in [5, 5.41) is 0. The molecular weight excluding hydrogens is 168 g/mol. The van der Waals surface area contributed by atoms with Gasteiger partial charge in [0.15, 0.2) is 0 Å². The van der Waals surface area contributed by atoms with Crippen molar-refractivity contribution in [2.24, 2.45) is 11.8 Å². The van der Waals surface area contributed by atoms with Gasteiger partial charge in [0, 0.05) is 0 Å². The van der Waals surface area contributed by atoms with E-state index in [4.69, 9.17) is 2.74 Å². The molecule has 0 nitrogen and oxygen atoms in total. The van der Waals surface area contributed by atoms with Gasteiger partial charge >= 0.3 is 0 Å². The third kappa shape index (κ3) is 9.57. The summed E-state index contributed by atoms with van der Waals surface area (Å²) in [4.78, 5) is 0. The molecule has 0 saturated carbocycles. The van der Waals surface area contributed by atoms with Gasteiger partial charge in [-0.2, -0.15) is 0 Å². The van der Waals surface area contributed by atoms with Crippen LogP contribution in [0.4, 0.5) is 0 Å². The molecule has 0 heterocycles. The van der Waals surface area contributed by atoms with Gasteiger partial charge in [-0.3, -0.25) is 0 Å². The zero-order valence-corrected chi connectivity index (χ0v) is 11.2. The van der Waals surface area contributed by atoms with Gasteiger partial charge in [0.1, 0.15) is 0 Å². The van der Waals surface area contributed by atoms with Gasteiger partial charge in [-0.15, -0.1) is 0 Å². The van der Waals surface area contributed by atoms with E-state index in [9.17, 15) is 0 Å². The highest BCUT2D eigenvalue weighted by molar-refractivity contribution is 4.98. The molecule has 0 saturated heterocycles. The van der Waals surface area contributed by atoms with Gasteiger partial charge < -0.3 is 0 Å². The summed E-state index contributed by atoms with van der Waals surface area (Å²) in [7, 11) is 0.